The number of hydrogen-bond donors (Lipinski definition) is 1. The third-order valence-electron chi connectivity index (χ3n) is 2.99. The monoisotopic (exact) mass is 302 g/mol. The second kappa shape index (κ2) is 5.85. The highest BCUT2D eigenvalue weighted by Gasteiger charge is 2.29. The van der Waals surface area contributed by atoms with Gasteiger partial charge in [-0.2, -0.15) is 4.31 Å². The largest absolute Gasteiger partial charge is 0.447 e. The van der Waals surface area contributed by atoms with Crippen LogP contribution >= 0.6 is 0 Å². The fourth-order valence-corrected chi connectivity index (χ4v) is 3.19. The standard InChI is InChI=1S/C13H22N2O4S/c1-13(2,3)14-10-11-4-5-12(19-11)20(16,17)15-6-8-18-9-7-15/h4-5,14H,6-10H2,1-3H3. The topological polar surface area (TPSA) is 71.8 Å². The number of nitrogens with zero attached hydrogens (tertiary/aromatic N) is 1. The maximum atomic E-state index is 12.4. The molecule has 0 unspecified atom stereocenters. The van der Waals surface area contributed by atoms with E-state index in [1.807, 2.05) is 20.8 Å². The summed E-state index contributed by atoms with van der Waals surface area (Å²) in [6.45, 7) is 8.24. The van der Waals surface area contributed by atoms with Gasteiger partial charge >= 0.3 is 0 Å². The zero-order valence-corrected chi connectivity index (χ0v) is 13.0. The molecule has 0 radical (unpaired) electrons. The molecule has 114 valence electrons. The molecule has 6 nitrogen and oxygen atoms in total. The highest BCUT2D eigenvalue weighted by Crippen LogP contribution is 2.20. The molecule has 1 aromatic heterocycles. The predicted octanol–water partition coefficient (Wildman–Crippen LogP) is 1.19. The number of furan rings is 1. The van der Waals surface area contributed by atoms with Gasteiger partial charge in [0.05, 0.1) is 19.8 Å². The molecule has 1 aliphatic heterocycles. The number of ether oxygens (including phenoxy) is 1. The molecule has 7 heteroatoms. The lowest BCUT2D eigenvalue weighted by atomic mass is 10.1. The van der Waals surface area contributed by atoms with Crippen molar-refractivity contribution in [1.29, 1.82) is 0 Å². The summed E-state index contributed by atoms with van der Waals surface area (Å²) in [4.78, 5) is 0. The van der Waals surface area contributed by atoms with Crippen molar-refractivity contribution in [1.82, 2.24) is 9.62 Å². The van der Waals surface area contributed by atoms with E-state index in [-0.39, 0.29) is 10.6 Å². The Morgan fingerprint density at radius 1 is 1.25 bits per heavy atom. The molecular weight excluding hydrogens is 280 g/mol. The zero-order chi connectivity index (χ0) is 14.8. The summed E-state index contributed by atoms with van der Waals surface area (Å²) >= 11 is 0. The van der Waals surface area contributed by atoms with Crippen LogP contribution in [0.25, 0.3) is 0 Å². The molecule has 2 heterocycles. The minimum absolute atomic E-state index is 0.00473. The first-order valence-electron chi connectivity index (χ1n) is 6.71. The summed E-state index contributed by atoms with van der Waals surface area (Å²) in [5.41, 5.74) is -0.0456. The first-order valence-corrected chi connectivity index (χ1v) is 8.15. The molecular formula is C13H22N2O4S. The third-order valence-corrected chi connectivity index (χ3v) is 4.77. The summed E-state index contributed by atoms with van der Waals surface area (Å²) in [6.07, 6.45) is 0. The molecule has 2 rings (SSSR count). The fraction of sp³-hybridized carbons (Fsp3) is 0.692. The molecule has 0 aromatic carbocycles. The molecule has 20 heavy (non-hydrogen) atoms. The number of rotatable bonds is 4. The van der Waals surface area contributed by atoms with Gasteiger partial charge in [0.1, 0.15) is 5.76 Å². The van der Waals surface area contributed by atoms with Gasteiger partial charge in [-0.3, -0.25) is 0 Å². The van der Waals surface area contributed by atoms with Crippen LogP contribution in [0.2, 0.25) is 0 Å². The van der Waals surface area contributed by atoms with Gasteiger partial charge in [-0.15, -0.1) is 0 Å². The van der Waals surface area contributed by atoms with Gasteiger partial charge < -0.3 is 14.5 Å². The first-order chi connectivity index (χ1) is 9.29. The first kappa shape index (κ1) is 15.5. The van der Waals surface area contributed by atoms with E-state index < -0.39 is 10.0 Å². The molecule has 0 amide bonds. The van der Waals surface area contributed by atoms with Crippen LogP contribution in [0.4, 0.5) is 0 Å². The Morgan fingerprint density at radius 2 is 1.90 bits per heavy atom. The Balaban J connectivity index is 2.07. The van der Waals surface area contributed by atoms with Gasteiger partial charge in [-0.1, -0.05) is 0 Å². The van der Waals surface area contributed by atoms with E-state index in [2.05, 4.69) is 5.32 Å². The van der Waals surface area contributed by atoms with Crippen LogP contribution in [-0.4, -0.2) is 44.6 Å². The zero-order valence-electron chi connectivity index (χ0n) is 12.2. The maximum Gasteiger partial charge on any atom is 0.276 e. The third kappa shape index (κ3) is 3.82. The molecule has 0 saturated carbocycles. The minimum atomic E-state index is -3.54. The minimum Gasteiger partial charge on any atom is -0.447 e. The van der Waals surface area contributed by atoms with Crippen LogP contribution in [0.5, 0.6) is 0 Å². The Labute approximate surface area is 120 Å². The number of sulfonamides is 1. The van der Waals surface area contributed by atoms with Gasteiger partial charge in [0, 0.05) is 18.6 Å². The second-order valence-electron chi connectivity index (χ2n) is 5.84. The lowest BCUT2D eigenvalue weighted by molar-refractivity contribution is 0.0723. The van der Waals surface area contributed by atoms with E-state index in [1.165, 1.54) is 10.4 Å². The number of morpholine rings is 1. The van der Waals surface area contributed by atoms with Crippen LogP contribution in [0.1, 0.15) is 26.5 Å². The van der Waals surface area contributed by atoms with Crippen molar-refractivity contribution in [2.24, 2.45) is 0 Å². The molecule has 1 aromatic rings. The average Bonchev–Trinajstić information content (AvgIpc) is 2.86. The van der Waals surface area contributed by atoms with Crippen molar-refractivity contribution in [2.45, 2.75) is 37.9 Å². The fourth-order valence-electron chi connectivity index (χ4n) is 1.86. The van der Waals surface area contributed by atoms with Gasteiger partial charge in [0.25, 0.3) is 10.0 Å². The van der Waals surface area contributed by atoms with E-state index in [4.69, 9.17) is 9.15 Å². The van der Waals surface area contributed by atoms with Crippen molar-refractivity contribution in [3.05, 3.63) is 17.9 Å². The van der Waals surface area contributed by atoms with Crippen LogP contribution in [0.15, 0.2) is 21.6 Å². The van der Waals surface area contributed by atoms with E-state index in [0.29, 0.717) is 38.6 Å². The Morgan fingerprint density at radius 3 is 2.50 bits per heavy atom. The highest BCUT2D eigenvalue weighted by molar-refractivity contribution is 7.89. The average molecular weight is 302 g/mol. The molecule has 1 fully saturated rings. The lowest BCUT2D eigenvalue weighted by Crippen LogP contribution is -2.40. The van der Waals surface area contributed by atoms with E-state index in [9.17, 15) is 8.42 Å². The Hall–Kier alpha value is -0.890. The van der Waals surface area contributed by atoms with Crippen molar-refractivity contribution < 1.29 is 17.6 Å². The molecule has 1 saturated heterocycles. The van der Waals surface area contributed by atoms with Gasteiger partial charge in [0.2, 0.25) is 5.09 Å². The van der Waals surface area contributed by atoms with Gasteiger partial charge in [0.15, 0.2) is 0 Å². The SMILES string of the molecule is CC(C)(C)NCc1ccc(S(=O)(=O)N2CCOCC2)o1. The molecule has 1 N–H and O–H groups in total. The van der Waals surface area contributed by atoms with Gasteiger partial charge in [-0.05, 0) is 32.9 Å². The summed E-state index contributed by atoms with van der Waals surface area (Å²) in [6, 6.07) is 3.22. The lowest BCUT2D eigenvalue weighted by Gasteiger charge is -2.24. The second-order valence-corrected chi connectivity index (χ2v) is 7.71. The van der Waals surface area contributed by atoms with E-state index >= 15 is 0 Å². The number of nitrogens with one attached hydrogen (secondary N) is 1. The van der Waals surface area contributed by atoms with Crippen LogP contribution in [0, 0.1) is 0 Å². The maximum absolute atomic E-state index is 12.4. The Kier molecular flexibility index (Phi) is 4.53. The molecule has 0 aliphatic carbocycles. The number of hydrogen-bond acceptors (Lipinski definition) is 5. The van der Waals surface area contributed by atoms with Crippen molar-refractivity contribution >= 4 is 10.0 Å². The predicted molar refractivity (Wildman–Crippen MR) is 74.9 cm³/mol. The summed E-state index contributed by atoms with van der Waals surface area (Å²) in [5.74, 6) is 0.617. The molecule has 1 aliphatic rings. The van der Waals surface area contributed by atoms with Crippen LogP contribution < -0.4 is 5.32 Å². The smallest absolute Gasteiger partial charge is 0.276 e. The summed E-state index contributed by atoms with van der Waals surface area (Å²) < 4.78 is 36.7. The molecule has 0 bridgehead atoms. The molecule has 0 atom stereocenters. The quantitative estimate of drug-likeness (QED) is 0.904. The van der Waals surface area contributed by atoms with Crippen molar-refractivity contribution in [2.75, 3.05) is 26.3 Å². The summed E-state index contributed by atoms with van der Waals surface area (Å²) in [7, 11) is -3.54. The van der Waals surface area contributed by atoms with Crippen LogP contribution in [0.3, 0.4) is 0 Å². The van der Waals surface area contributed by atoms with Crippen molar-refractivity contribution in [3.63, 3.8) is 0 Å². The van der Waals surface area contributed by atoms with E-state index in [0.717, 1.165) is 0 Å². The summed E-state index contributed by atoms with van der Waals surface area (Å²) in [5, 5.41) is 3.27. The molecule has 0 spiro atoms. The van der Waals surface area contributed by atoms with Crippen molar-refractivity contribution in [3.8, 4) is 0 Å². The Bertz CT molecular complexity index is 539. The van der Waals surface area contributed by atoms with Gasteiger partial charge in [-0.25, -0.2) is 8.42 Å². The normalized spacial score (nSPS) is 18.4. The van der Waals surface area contributed by atoms with Crippen LogP contribution in [-0.2, 0) is 21.3 Å². The highest BCUT2D eigenvalue weighted by atomic mass is 32.2. The van der Waals surface area contributed by atoms with E-state index in [1.54, 1.807) is 6.07 Å².